The van der Waals surface area contributed by atoms with Gasteiger partial charge in [-0.25, -0.2) is 4.98 Å². The van der Waals surface area contributed by atoms with Gasteiger partial charge in [-0.2, -0.15) is 0 Å². The molecule has 0 bridgehead atoms. The SMILES string of the molecule is CCn1c(NC(=O)C(c2ccccc2)c2ccccc2)nc2ccccc21. The summed E-state index contributed by atoms with van der Waals surface area (Å²) in [4.78, 5) is 17.9. The van der Waals surface area contributed by atoms with Gasteiger partial charge in [0, 0.05) is 6.54 Å². The normalized spacial score (nSPS) is 11.0. The highest BCUT2D eigenvalue weighted by Crippen LogP contribution is 2.27. The van der Waals surface area contributed by atoms with Crippen molar-refractivity contribution >= 4 is 22.9 Å². The Bertz CT molecular complexity index is 1020. The van der Waals surface area contributed by atoms with Gasteiger partial charge in [0.2, 0.25) is 11.9 Å². The van der Waals surface area contributed by atoms with Gasteiger partial charge in [0.25, 0.3) is 0 Å². The number of carbonyl (C=O) groups is 1. The minimum atomic E-state index is -0.391. The number of para-hydroxylation sites is 2. The Labute approximate surface area is 158 Å². The Morgan fingerprint density at radius 2 is 1.44 bits per heavy atom. The summed E-state index contributed by atoms with van der Waals surface area (Å²) in [5.41, 5.74) is 3.82. The lowest BCUT2D eigenvalue weighted by molar-refractivity contribution is -0.116. The van der Waals surface area contributed by atoms with Crippen LogP contribution in [-0.4, -0.2) is 15.5 Å². The van der Waals surface area contributed by atoms with Crippen LogP contribution in [0, 0.1) is 0 Å². The van der Waals surface area contributed by atoms with Gasteiger partial charge in [-0.1, -0.05) is 72.8 Å². The molecule has 1 N–H and O–H groups in total. The zero-order valence-corrected chi connectivity index (χ0v) is 15.2. The van der Waals surface area contributed by atoms with Crippen molar-refractivity contribution in [2.45, 2.75) is 19.4 Å². The number of nitrogens with zero attached hydrogens (tertiary/aromatic N) is 2. The van der Waals surface area contributed by atoms with Crippen molar-refractivity contribution in [3.8, 4) is 0 Å². The predicted molar refractivity (Wildman–Crippen MR) is 109 cm³/mol. The summed E-state index contributed by atoms with van der Waals surface area (Å²) in [5.74, 6) is 0.107. The number of aromatic nitrogens is 2. The molecule has 134 valence electrons. The number of anilines is 1. The molecule has 4 aromatic rings. The smallest absolute Gasteiger partial charge is 0.238 e. The molecule has 0 spiro atoms. The van der Waals surface area contributed by atoms with Gasteiger partial charge in [-0.05, 0) is 30.2 Å². The first-order valence-corrected chi connectivity index (χ1v) is 9.14. The maximum absolute atomic E-state index is 13.3. The fourth-order valence-corrected chi connectivity index (χ4v) is 3.46. The number of benzene rings is 3. The van der Waals surface area contributed by atoms with Crippen LogP contribution in [0.4, 0.5) is 5.95 Å². The van der Waals surface area contributed by atoms with Gasteiger partial charge in [-0.3, -0.25) is 10.1 Å². The Morgan fingerprint density at radius 3 is 2.04 bits per heavy atom. The van der Waals surface area contributed by atoms with Crippen molar-refractivity contribution < 1.29 is 4.79 Å². The van der Waals surface area contributed by atoms with Crippen LogP contribution in [-0.2, 0) is 11.3 Å². The quantitative estimate of drug-likeness (QED) is 0.557. The number of hydrogen-bond donors (Lipinski definition) is 1. The molecule has 0 aliphatic carbocycles. The molecule has 0 radical (unpaired) electrons. The Morgan fingerprint density at radius 1 is 0.889 bits per heavy atom. The lowest BCUT2D eigenvalue weighted by Gasteiger charge is -2.18. The summed E-state index contributed by atoms with van der Waals surface area (Å²) in [5, 5.41) is 3.06. The van der Waals surface area contributed by atoms with E-state index in [1.165, 1.54) is 0 Å². The van der Waals surface area contributed by atoms with Crippen LogP contribution in [0.15, 0.2) is 84.9 Å². The number of hydrogen-bond acceptors (Lipinski definition) is 2. The first-order chi connectivity index (χ1) is 13.3. The molecule has 1 amide bonds. The molecule has 0 saturated heterocycles. The van der Waals surface area contributed by atoms with Crippen LogP contribution < -0.4 is 5.32 Å². The lowest BCUT2D eigenvalue weighted by atomic mass is 9.90. The highest BCUT2D eigenvalue weighted by molar-refractivity contribution is 5.98. The molecule has 0 fully saturated rings. The maximum atomic E-state index is 13.3. The summed E-state index contributed by atoms with van der Waals surface area (Å²) < 4.78 is 2.03. The minimum absolute atomic E-state index is 0.0857. The molecular formula is C23H21N3O. The number of aryl methyl sites for hydroxylation is 1. The van der Waals surface area contributed by atoms with Crippen molar-refractivity contribution in [3.05, 3.63) is 96.1 Å². The van der Waals surface area contributed by atoms with E-state index in [1.807, 2.05) is 89.5 Å². The molecule has 0 aliphatic heterocycles. The van der Waals surface area contributed by atoms with Crippen molar-refractivity contribution in [1.82, 2.24) is 9.55 Å². The number of fused-ring (bicyclic) bond motifs is 1. The van der Waals surface area contributed by atoms with E-state index in [0.717, 1.165) is 28.7 Å². The summed E-state index contributed by atoms with van der Waals surface area (Å²) in [6.45, 7) is 2.78. The predicted octanol–water partition coefficient (Wildman–Crippen LogP) is 4.83. The molecule has 1 heterocycles. The Hall–Kier alpha value is -3.40. The second kappa shape index (κ2) is 7.46. The van der Waals surface area contributed by atoms with E-state index in [-0.39, 0.29) is 5.91 Å². The second-order valence-corrected chi connectivity index (χ2v) is 6.41. The van der Waals surface area contributed by atoms with E-state index >= 15 is 0 Å². The molecule has 4 rings (SSSR count). The summed E-state index contributed by atoms with van der Waals surface area (Å²) in [6, 6.07) is 27.6. The van der Waals surface area contributed by atoms with Gasteiger partial charge in [0.15, 0.2) is 0 Å². The molecule has 4 nitrogen and oxygen atoms in total. The van der Waals surface area contributed by atoms with E-state index in [4.69, 9.17) is 0 Å². The summed E-state index contributed by atoms with van der Waals surface area (Å²) >= 11 is 0. The average molecular weight is 355 g/mol. The van der Waals surface area contributed by atoms with Crippen LogP contribution in [0.25, 0.3) is 11.0 Å². The molecule has 0 saturated carbocycles. The summed E-state index contributed by atoms with van der Waals surface area (Å²) in [7, 11) is 0. The van der Waals surface area contributed by atoms with Crippen molar-refractivity contribution in [2.75, 3.05) is 5.32 Å². The molecule has 0 unspecified atom stereocenters. The van der Waals surface area contributed by atoms with E-state index in [9.17, 15) is 4.79 Å². The Kier molecular flexibility index (Phi) is 4.71. The van der Waals surface area contributed by atoms with E-state index in [0.29, 0.717) is 5.95 Å². The summed E-state index contributed by atoms with van der Waals surface area (Å²) in [6.07, 6.45) is 0. The van der Waals surface area contributed by atoms with Crippen LogP contribution in [0.3, 0.4) is 0 Å². The Balaban J connectivity index is 1.73. The minimum Gasteiger partial charge on any atom is -0.310 e. The number of imidazole rings is 1. The standard InChI is InChI=1S/C23H21N3O/c1-2-26-20-16-10-9-15-19(20)24-23(26)25-22(27)21(17-11-5-3-6-12-17)18-13-7-4-8-14-18/h3-16,21H,2H2,1H3,(H,24,25,27). The molecule has 0 atom stereocenters. The van der Waals surface area contributed by atoms with E-state index < -0.39 is 5.92 Å². The zero-order chi connectivity index (χ0) is 18.6. The lowest BCUT2D eigenvalue weighted by Crippen LogP contribution is -2.24. The molecule has 27 heavy (non-hydrogen) atoms. The van der Waals surface area contributed by atoms with Gasteiger partial charge < -0.3 is 4.57 Å². The molecule has 4 heteroatoms. The average Bonchev–Trinajstić information content (AvgIpc) is 3.06. The fourth-order valence-electron chi connectivity index (χ4n) is 3.46. The number of amides is 1. The third kappa shape index (κ3) is 3.34. The van der Waals surface area contributed by atoms with E-state index in [1.54, 1.807) is 0 Å². The third-order valence-corrected chi connectivity index (χ3v) is 4.73. The highest BCUT2D eigenvalue weighted by atomic mass is 16.2. The van der Waals surface area contributed by atoms with Crippen LogP contribution in [0.1, 0.15) is 24.0 Å². The van der Waals surface area contributed by atoms with Gasteiger partial charge in [0.05, 0.1) is 17.0 Å². The highest BCUT2D eigenvalue weighted by Gasteiger charge is 2.24. The maximum Gasteiger partial charge on any atom is 0.238 e. The van der Waals surface area contributed by atoms with Crippen LogP contribution in [0.5, 0.6) is 0 Å². The number of rotatable bonds is 5. The molecule has 0 aliphatic rings. The molecular weight excluding hydrogens is 334 g/mol. The van der Waals surface area contributed by atoms with Gasteiger partial charge >= 0.3 is 0 Å². The topological polar surface area (TPSA) is 46.9 Å². The van der Waals surface area contributed by atoms with Crippen LogP contribution >= 0.6 is 0 Å². The first-order valence-electron chi connectivity index (χ1n) is 9.14. The molecule has 3 aromatic carbocycles. The first kappa shape index (κ1) is 17.0. The largest absolute Gasteiger partial charge is 0.310 e. The van der Waals surface area contributed by atoms with Crippen molar-refractivity contribution in [1.29, 1.82) is 0 Å². The number of carbonyl (C=O) groups excluding carboxylic acids is 1. The monoisotopic (exact) mass is 355 g/mol. The van der Waals surface area contributed by atoms with Crippen LogP contribution in [0.2, 0.25) is 0 Å². The fraction of sp³-hybridized carbons (Fsp3) is 0.130. The van der Waals surface area contributed by atoms with Gasteiger partial charge in [-0.15, -0.1) is 0 Å². The zero-order valence-electron chi connectivity index (χ0n) is 15.2. The van der Waals surface area contributed by atoms with E-state index in [2.05, 4.69) is 17.2 Å². The van der Waals surface area contributed by atoms with Gasteiger partial charge in [0.1, 0.15) is 0 Å². The third-order valence-electron chi connectivity index (χ3n) is 4.73. The van der Waals surface area contributed by atoms with Crippen molar-refractivity contribution in [2.24, 2.45) is 0 Å². The van der Waals surface area contributed by atoms with Crippen molar-refractivity contribution in [3.63, 3.8) is 0 Å². The molecule has 1 aromatic heterocycles. The second-order valence-electron chi connectivity index (χ2n) is 6.41. The number of nitrogens with one attached hydrogen (secondary N) is 1.